The molecular weight excluding hydrogens is 160 g/mol. The van der Waals surface area contributed by atoms with Crippen LogP contribution in [0, 0.1) is 5.92 Å². The maximum absolute atomic E-state index is 2.63. The van der Waals surface area contributed by atoms with Crippen LogP contribution in [0.1, 0.15) is 26.7 Å². The van der Waals surface area contributed by atoms with Gasteiger partial charge in [0.25, 0.3) is 0 Å². The summed E-state index contributed by atoms with van der Waals surface area (Å²) in [4.78, 5) is 5.19. The number of hydrogen-bond donors (Lipinski definition) is 0. The zero-order chi connectivity index (χ0) is 9.42. The fraction of sp³-hybridized carbons (Fsp3) is 1.00. The molecule has 2 fully saturated rings. The van der Waals surface area contributed by atoms with Gasteiger partial charge in [-0.25, -0.2) is 0 Å². The van der Waals surface area contributed by atoms with Crippen molar-refractivity contribution < 1.29 is 0 Å². The van der Waals surface area contributed by atoms with Gasteiger partial charge in [-0.05, 0) is 39.7 Å². The van der Waals surface area contributed by atoms with Gasteiger partial charge in [-0.15, -0.1) is 0 Å². The fourth-order valence-electron chi connectivity index (χ4n) is 2.38. The standard InChI is InChI=1S/C11H22N2/c1-9(2)13-7-6-12(3)11(8-13)10-4-5-10/h9-11H,4-8H2,1-3H3. The monoisotopic (exact) mass is 182 g/mol. The van der Waals surface area contributed by atoms with Crippen molar-refractivity contribution in [2.75, 3.05) is 26.7 Å². The van der Waals surface area contributed by atoms with Gasteiger partial charge in [0.2, 0.25) is 0 Å². The van der Waals surface area contributed by atoms with Crippen LogP contribution in [0.2, 0.25) is 0 Å². The van der Waals surface area contributed by atoms with Gasteiger partial charge in [0, 0.05) is 31.7 Å². The lowest BCUT2D eigenvalue weighted by Gasteiger charge is -2.41. The van der Waals surface area contributed by atoms with Gasteiger partial charge in [0.15, 0.2) is 0 Å². The number of nitrogens with zero attached hydrogens (tertiary/aromatic N) is 2. The van der Waals surface area contributed by atoms with Crippen LogP contribution < -0.4 is 0 Å². The molecule has 2 nitrogen and oxygen atoms in total. The van der Waals surface area contributed by atoms with E-state index >= 15 is 0 Å². The minimum Gasteiger partial charge on any atom is -0.301 e. The third-order valence-electron chi connectivity index (χ3n) is 3.62. The Morgan fingerprint density at radius 3 is 2.38 bits per heavy atom. The predicted octanol–water partition coefficient (Wildman–Crippen LogP) is 1.42. The Morgan fingerprint density at radius 2 is 1.85 bits per heavy atom. The average Bonchev–Trinajstić information content (AvgIpc) is 2.87. The molecule has 1 saturated carbocycles. The number of likely N-dealkylation sites (N-methyl/N-ethyl adjacent to an activating group) is 1. The first-order valence-electron chi connectivity index (χ1n) is 5.63. The first kappa shape index (κ1) is 9.47. The molecule has 1 saturated heterocycles. The average molecular weight is 182 g/mol. The molecule has 0 radical (unpaired) electrons. The molecule has 2 heteroatoms. The van der Waals surface area contributed by atoms with Gasteiger partial charge < -0.3 is 4.90 Å². The summed E-state index contributed by atoms with van der Waals surface area (Å²) in [5.74, 6) is 1.02. The SMILES string of the molecule is CC(C)N1CCN(C)C(C2CC2)C1. The number of rotatable bonds is 2. The van der Waals surface area contributed by atoms with Crippen LogP contribution in [0.5, 0.6) is 0 Å². The summed E-state index contributed by atoms with van der Waals surface area (Å²) in [6.07, 6.45) is 2.95. The number of piperazine rings is 1. The molecule has 1 aliphatic carbocycles. The third-order valence-corrected chi connectivity index (χ3v) is 3.62. The largest absolute Gasteiger partial charge is 0.301 e. The Morgan fingerprint density at radius 1 is 1.15 bits per heavy atom. The fourth-order valence-corrected chi connectivity index (χ4v) is 2.38. The van der Waals surface area contributed by atoms with E-state index in [0.717, 1.165) is 18.0 Å². The van der Waals surface area contributed by atoms with E-state index in [2.05, 4.69) is 30.7 Å². The molecule has 1 atom stereocenters. The van der Waals surface area contributed by atoms with Crippen molar-refractivity contribution in [2.24, 2.45) is 5.92 Å². The van der Waals surface area contributed by atoms with E-state index in [1.807, 2.05) is 0 Å². The van der Waals surface area contributed by atoms with Gasteiger partial charge in [-0.2, -0.15) is 0 Å². The summed E-state index contributed by atoms with van der Waals surface area (Å²) in [5.41, 5.74) is 0. The highest BCUT2D eigenvalue weighted by Gasteiger charge is 2.37. The second kappa shape index (κ2) is 3.58. The predicted molar refractivity (Wildman–Crippen MR) is 55.9 cm³/mol. The van der Waals surface area contributed by atoms with Crippen LogP contribution >= 0.6 is 0 Å². The molecule has 0 N–H and O–H groups in total. The molecule has 76 valence electrons. The van der Waals surface area contributed by atoms with E-state index in [-0.39, 0.29) is 0 Å². The Bertz CT molecular complexity index is 175. The maximum atomic E-state index is 2.63. The summed E-state index contributed by atoms with van der Waals surface area (Å²) in [6, 6.07) is 1.59. The second-order valence-electron chi connectivity index (χ2n) is 4.97. The van der Waals surface area contributed by atoms with Crippen molar-refractivity contribution in [1.82, 2.24) is 9.80 Å². The van der Waals surface area contributed by atoms with Gasteiger partial charge in [0.05, 0.1) is 0 Å². The summed E-state index contributed by atoms with van der Waals surface area (Å²) >= 11 is 0. The van der Waals surface area contributed by atoms with Crippen LogP contribution in [0.15, 0.2) is 0 Å². The molecule has 0 spiro atoms. The van der Waals surface area contributed by atoms with Crippen LogP contribution in [-0.4, -0.2) is 48.6 Å². The molecule has 1 aliphatic heterocycles. The summed E-state index contributed by atoms with van der Waals surface area (Å²) < 4.78 is 0. The highest BCUT2D eigenvalue weighted by atomic mass is 15.3. The summed E-state index contributed by atoms with van der Waals surface area (Å²) in [6.45, 7) is 8.46. The van der Waals surface area contributed by atoms with Crippen molar-refractivity contribution in [3.8, 4) is 0 Å². The maximum Gasteiger partial charge on any atom is 0.0249 e. The quantitative estimate of drug-likeness (QED) is 0.637. The Balaban J connectivity index is 1.92. The topological polar surface area (TPSA) is 6.48 Å². The normalized spacial score (nSPS) is 32.8. The van der Waals surface area contributed by atoms with Crippen LogP contribution in [0.25, 0.3) is 0 Å². The highest BCUT2D eigenvalue weighted by Crippen LogP contribution is 2.36. The van der Waals surface area contributed by atoms with Crippen LogP contribution in [0.3, 0.4) is 0 Å². The molecule has 0 bridgehead atoms. The lowest BCUT2D eigenvalue weighted by Crippen LogP contribution is -2.54. The number of hydrogen-bond acceptors (Lipinski definition) is 2. The lowest BCUT2D eigenvalue weighted by molar-refractivity contribution is 0.0642. The molecule has 1 heterocycles. The van der Waals surface area contributed by atoms with Crippen molar-refractivity contribution in [3.05, 3.63) is 0 Å². The minimum absolute atomic E-state index is 0.731. The minimum atomic E-state index is 0.731. The van der Waals surface area contributed by atoms with E-state index in [1.54, 1.807) is 0 Å². The second-order valence-corrected chi connectivity index (χ2v) is 4.97. The van der Waals surface area contributed by atoms with Crippen molar-refractivity contribution in [1.29, 1.82) is 0 Å². The highest BCUT2D eigenvalue weighted by molar-refractivity contribution is 4.92. The molecule has 2 rings (SSSR count). The molecule has 13 heavy (non-hydrogen) atoms. The van der Waals surface area contributed by atoms with E-state index in [0.29, 0.717) is 0 Å². The van der Waals surface area contributed by atoms with E-state index < -0.39 is 0 Å². The molecule has 0 aromatic rings. The van der Waals surface area contributed by atoms with Crippen molar-refractivity contribution >= 4 is 0 Å². The first-order valence-corrected chi connectivity index (χ1v) is 5.63. The lowest BCUT2D eigenvalue weighted by atomic mass is 10.1. The molecule has 1 unspecified atom stereocenters. The molecular formula is C11H22N2. The van der Waals surface area contributed by atoms with Gasteiger partial charge >= 0.3 is 0 Å². The molecule has 0 aromatic carbocycles. The molecule has 0 amide bonds. The zero-order valence-electron chi connectivity index (χ0n) is 9.16. The van der Waals surface area contributed by atoms with E-state index in [4.69, 9.17) is 0 Å². The van der Waals surface area contributed by atoms with Gasteiger partial charge in [0.1, 0.15) is 0 Å². The summed E-state index contributed by atoms with van der Waals surface area (Å²) in [5, 5.41) is 0. The smallest absolute Gasteiger partial charge is 0.0249 e. The molecule has 0 aromatic heterocycles. The Labute approximate surface area is 81.9 Å². The molecule has 2 aliphatic rings. The van der Waals surface area contributed by atoms with E-state index in [1.165, 1.54) is 32.5 Å². The van der Waals surface area contributed by atoms with E-state index in [9.17, 15) is 0 Å². The van der Waals surface area contributed by atoms with Crippen LogP contribution in [-0.2, 0) is 0 Å². The first-order chi connectivity index (χ1) is 6.18. The van der Waals surface area contributed by atoms with Gasteiger partial charge in [-0.3, -0.25) is 4.90 Å². The van der Waals surface area contributed by atoms with Crippen molar-refractivity contribution in [3.63, 3.8) is 0 Å². The summed E-state index contributed by atoms with van der Waals surface area (Å²) in [7, 11) is 2.29. The third kappa shape index (κ3) is 2.05. The van der Waals surface area contributed by atoms with Gasteiger partial charge in [-0.1, -0.05) is 0 Å². The van der Waals surface area contributed by atoms with Crippen molar-refractivity contribution in [2.45, 2.75) is 38.8 Å². The zero-order valence-corrected chi connectivity index (χ0v) is 9.16. The Hall–Kier alpha value is -0.0800. The van der Waals surface area contributed by atoms with Crippen LogP contribution in [0.4, 0.5) is 0 Å². The Kier molecular flexibility index (Phi) is 2.61.